The Morgan fingerprint density at radius 3 is 2.31 bits per heavy atom. The predicted molar refractivity (Wildman–Crippen MR) is 105 cm³/mol. The summed E-state index contributed by atoms with van der Waals surface area (Å²) in [6.45, 7) is 5.89. The molecule has 0 aliphatic carbocycles. The number of hydrogen-bond acceptors (Lipinski definition) is 3. The maximum absolute atomic E-state index is 12.9. The molecule has 0 spiro atoms. The van der Waals surface area contributed by atoms with Crippen molar-refractivity contribution in [3.63, 3.8) is 0 Å². The highest BCUT2D eigenvalue weighted by atomic mass is 79.9. The average molecular weight is 418 g/mol. The molecule has 2 atom stereocenters. The fourth-order valence-corrected chi connectivity index (χ4v) is 3.86. The van der Waals surface area contributed by atoms with Crippen LogP contribution in [0.25, 0.3) is 0 Å². The summed E-state index contributed by atoms with van der Waals surface area (Å²) in [4.78, 5) is 14.6. The van der Waals surface area contributed by atoms with Crippen molar-refractivity contribution in [3.05, 3.63) is 70.2 Å². The van der Waals surface area contributed by atoms with Crippen LogP contribution in [0, 0.1) is 0 Å². The number of amides is 1. The SMILES string of the molecule is C[C@@H](c1ccc(Br)cc1)N1CC[C@@](c2ccccc2)(C(C)(C)O)OC1=O. The van der Waals surface area contributed by atoms with Crippen molar-refractivity contribution < 1.29 is 14.6 Å². The topological polar surface area (TPSA) is 49.8 Å². The van der Waals surface area contributed by atoms with Gasteiger partial charge in [0.05, 0.1) is 6.04 Å². The molecule has 26 heavy (non-hydrogen) atoms. The lowest BCUT2D eigenvalue weighted by Gasteiger charge is -2.49. The fourth-order valence-electron chi connectivity index (χ4n) is 3.60. The lowest BCUT2D eigenvalue weighted by molar-refractivity contribution is -0.170. The Bertz CT molecular complexity index is 770. The van der Waals surface area contributed by atoms with Crippen molar-refractivity contribution in [1.82, 2.24) is 4.90 Å². The quantitative estimate of drug-likeness (QED) is 0.759. The molecule has 138 valence electrons. The third kappa shape index (κ3) is 3.38. The molecule has 0 bridgehead atoms. The van der Waals surface area contributed by atoms with Crippen LogP contribution in [0.5, 0.6) is 0 Å². The summed E-state index contributed by atoms with van der Waals surface area (Å²) >= 11 is 3.43. The van der Waals surface area contributed by atoms with Gasteiger partial charge in [0.25, 0.3) is 0 Å². The second kappa shape index (κ2) is 7.05. The monoisotopic (exact) mass is 417 g/mol. The first kappa shape index (κ1) is 18.9. The Morgan fingerprint density at radius 2 is 1.77 bits per heavy atom. The molecule has 1 saturated heterocycles. The van der Waals surface area contributed by atoms with Gasteiger partial charge < -0.3 is 14.7 Å². The number of ether oxygens (including phenoxy) is 1. The van der Waals surface area contributed by atoms with Crippen molar-refractivity contribution in [2.24, 2.45) is 0 Å². The van der Waals surface area contributed by atoms with E-state index < -0.39 is 17.3 Å². The molecule has 0 saturated carbocycles. The van der Waals surface area contributed by atoms with Crippen LogP contribution in [0.2, 0.25) is 0 Å². The highest BCUT2D eigenvalue weighted by molar-refractivity contribution is 9.10. The van der Waals surface area contributed by atoms with Crippen LogP contribution in [0.4, 0.5) is 4.79 Å². The standard InChI is InChI=1S/C21H24BrNO3/c1-15(16-9-11-18(22)12-10-16)23-14-13-21(20(2,3)25,26-19(23)24)17-7-5-4-6-8-17/h4-12,15,25H,13-14H2,1-3H3/t15-,21+/m0/s1. The van der Waals surface area contributed by atoms with Crippen molar-refractivity contribution in [2.75, 3.05) is 6.54 Å². The third-order valence-corrected chi connectivity index (χ3v) is 5.78. The molecule has 0 radical (unpaired) electrons. The first-order valence-corrected chi connectivity index (χ1v) is 9.57. The van der Waals surface area contributed by atoms with Crippen molar-refractivity contribution in [2.45, 2.75) is 44.4 Å². The maximum atomic E-state index is 12.9. The van der Waals surface area contributed by atoms with E-state index in [1.54, 1.807) is 18.7 Å². The number of rotatable bonds is 4. The maximum Gasteiger partial charge on any atom is 0.411 e. The Balaban J connectivity index is 1.88. The van der Waals surface area contributed by atoms with Gasteiger partial charge in [0.15, 0.2) is 5.60 Å². The molecule has 1 aliphatic heterocycles. The van der Waals surface area contributed by atoms with Crippen LogP contribution >= 0.6 is 15.9 Å². The second-order valence-corrected chi connectivity index (χ2v) is 8.21. The number of hydrogen-bond donors (Lipinski definition) is 1. The van der Waals surface area contributed by atoms with Gasteiger partial charge in [0, 0.05) is 17.4 Å². The molecular weight excluding hydrogens is 394 g/mol. The first-order chi connectivity index (χ1) is 12.2. The molecule has 3 rings (SSSR count). The van der Waals surface area contributed by atoms with Gasteiger partial charge in [-0.25, -0.2) is 4.79 Å². The van der Waals surface area contributed by atoms with Gasteiger partial charge in [-0.2, -0.15) is 0 Å². The van der Waals surface area contributed by atoms with Gasteiger partial charge >= 0.3 is 6.09 Å². The van der Waals surface area contributed by atoms with Crippen LogP contribution in [-0.4, -0.2) is 28.2 Å². The van der Waals surface area contributed by atoms with Gasteiger partial charge in [-0.05, 0) is 44.0 Å². The summed E-state index contributed by atoms with van der Waals surface area (Å²) in [5.74, 6) is 0. The molecule has 0 unspecified atom stereocenters. The zero-order chi connectivity index (χ0) is 18.9. The summed E-state index contributed by atoms with van der Waals surface area (Å²) in [7, 11) is 0. The molecule has 2 aromatic rings. The Kier molecular flexibility index (Phi) is 5.13. The van der Waals surface area contributed by atoms with Crippen LogP contribution in [0.3, 0.4) is 0 Å². The molecule has 1 amide bonds. The van der Waals surface area contributed by atoms with Crippen molar-refractivity contribution >= 4 is 22.0 Å². The Labute approximate surface area is 162 Å². The number of cyclic esters (lactones) is 1. The summed E-state index contributed by atoms with van der Waals surface area (Å²) in [5, 5.41) is 10.8. The van der Waals surface area contributed by atoms with Gasteiger partial charge in [-0.15, -0.1) is 0 Å². The van der Waals surface area contributed by atoms with E-state index in [0.717, 1.165) is 15.6 Å². The molecule has 0 aromatic heterocycles. The van der Waals surface area contributed by atoms with Gasteiger partial charge in [-0.3, -0.25) is 0 Å². The number of benzene rings is 2. The molecule has 1 heterocycles. The van der Waals surface area contributed by atoms with Gasteiger partial charge in [0.1, 0.15) is 5.60 Å². The molecular formula is C21H24BrNO3. The van der Waals surface area contributed by atoms with Gasteiger partial charge in [0.2, 0.25) is 0 Å². The van der Waals surface area contributed by atoms with Crippen LogP contribution in [-0.2, 0) is 10.3 Å². The highest BCUT2D eigenvalue weighted by Crippen LogP contribution is 2.44. The summed E-state index contributed by atoms with van der Waals surface area (Å²) in [5.41, 5.74) is -0.393. The lowest BCUT2D eigenvalue weighted by atomic mass is 9.76. The number of carbonyl (C=O) groups is 1. The van der Waals surface area contributed by atoms with Crippen LogP contribution < -0.4 is 0 Å². The molecule has 5 heteroatoms. The minimum atomic E-state index is -1.20. The fraction of sp³-hybridized carbons (Fsp3) is 0.381. The van der Waals surface area contributed by atoms with Crippen LogP contribution in [0.15, 0.2) is 59.1 Å². The smallest absolute Gasteiger partial charge is 0.411 e. The largest absolute Gasteiger partial charge is 0.435 e. The molecule has 1 N–H and O–H groups in total. The second-order valence-electron chi connectivity index (χ2n) is 7.29. The zero-order valence-corrected chi connectivity index (χ0v) is 16.9. The van der Waals surface area contributed by atoms with E-state index in [1.807, 2.05) is 61.5 Å². The molecule has 1 aliphatic rings. The van der Waals surface area contributed by atoms with Crippen LogP contribution in [0.1, 0.15) is 44.4 Å². The summed E-state index contributed by atoms with van der Waals surface area (Å²) in [6, 6.07) is 17.3. The van der Waals surface area contributed by atoms with E-state index in [0.29, 0.717) is 13.0 Å². The first-order valence-electron chi connectivity index (χ1n) is 8.77. The molecule has 2 aromatic carbocycles. The van der Waals surface area contributed by atoms with E-state index in [4.69, 9.17) is 4.74 Å². The predicted octanol–water partition coefficient (Wildman–Crippen LogP) is 5.02. The number of nitrogens with zero attached hydrogens (tertiary/aromatic N) is 1. The number of aliphatic hydroxyl groups is 1. The van der Waals surface area contributed by atoms with E-state index in [1.165, 1.54) is 0 Å². The zero-order valence-electron chi connectivity index (χ0n) is 15.3. The number of halogens is 1. The van der Waals surface area contributed by atoms with Crippen molar-refractivity contribution in [1.29, 1.82) is 0 Å². The normalized spacial score (nSPS) is 22.0. The van der Waals surface area contributed by atoms with E-state index in [-0.39, 0.29) is 6.04 Å². The molecule has 4 nitrogen and oxygen atoms in total. The summed E-state index contributed by atoms with van der Waals surface area (Å²) in [6.07, 6.45) is 0.116. The van der Waals surface area contributed by atoms with E-state index in [9.17, 15) is 9.90 Å². The van der Waals surface area contributed by atoms with Crippen molar-refractivity contribution in [3.8, 4) is 0 Å². The van der Waals surface area contributed by atoms with E-state index >= 15 is 0 Å². The summed E-state index contributed by atoms with van der Waals surface area (Å²) < 4.78 is 6.93. The molecule has 1 fully saturated rings. The Hall–Kier alpha value is -1.85. The Morgan fingerprint density at radius 1 is 1.15 bits per heavy atom. The minimum absolute atomic E-state index is 0.105. The lowest BCUT2D eigenvalue weighted by Crippen LogP contribution is -2.58. The van der Waals surface area contributed by atoms with Gasteiger partial charge in [-0.1, -0.05) is 58.4 Å². The highest BCUT2D eigenvalue weighted by Gasteiger charge is 2.52. The minimum Gasteiger partial charge on any atom is -0.435 e. The van der Waals surface area contributed by atoms with E-state index in [2.05, 4.69) is 15.9 Å². The third-order valence-electron chi connectivity index (χ3n) is 5.25. The average Bonchev–Trinajstić information content (AvgIpc) is 2.61. The number of carbonyl (C=O) groups excluding carboxylic acids is 1.